The maximum atomic E-state index is 13.9. The molecule has 2 aliphatic rings. The fourth-order valence-corrected chi connectivity index (χ4v) is 4.49. The number of rotatable bonds is 5. The number of amides is 1. The molecule has 1 unspecified atom stereocenters. The highest BCUT2D eigenvalue weighted by Gasteiger charge is 2.43. The highest BCUT2D eigenvalue weighted by Crippen LogP contribution is 2.39. The second-order valence-corrected chi connectivity index (χ2v) is 8.32. The molecule has 160 valence electrons. The van der Waals surface area contributed by atoms with Crippen LogP contribution in [0.1, 0.15) is 36.1 Å². The fraction of sp³-hybridized carbons (Fsp3) is 0.185. The molecule has 0 spiro atoms. The molecule has 3 aromatic carbocycles. The van der Waals surface area contributed by atoms with E-state index in [9.17, 15) is 14.0 Å². The molecule has 2 atom stereocenters. The molecule has 1 amide bonds. The molecule has 5 heteroatoms. The van der Waals surface area contributed by atoms with E-state index >= 15 is 0 Å². The number of carbonyl (C=O) groups excluding carboxylic acids is 2. The van der Waals surface area contributed by atoms with Crippen LogP contribution in [0.15, 0.2) is 84.6 Å². The van der Waals surface area contributed by atoms with E-state index in [-0.39, 0.29) is 23.4 Å². The number of para-hydroxylation sites is 1. The molecule has 1 N–H and O–H groups in total. The normalized spacial score (nSPS) is 18.2. The van der Waals surface area contributed by atoms with Crippen LogP contribution in [-0.4, -0.2) is 11.7 Å². The minimum absolute atomic E-state index is 0.0835. The van der Waals surface area contributed by atoms with E-state index in [0.29, 0.717) is 24.1 Å². The smallest absolute Gasteiger partial charge is 0.254 e. The number of hydrogen-bond donors (Lipinski definition) is 1. The first kappa shape index (κ1) is 20.2. The van der Waals surface area contributed by atoms with Crippen molar-refractivity contribution >= 4 is 23.0 Å². The molecule has 0 aromatic heterocycles. The molecule has 4 nitrogen and oxygen atoms in total. The molecule has 3 aromatic rings. The molecule has 0 bridgehead atoms. The Bertz CT molecular complexity index is 1240. The molecular weight excluding hydrogens is 403 g/mol. The first-order chi connectivity index (χ1) is 15.5. The molecule has 32 heavy (non-hydrogen) atoms. The summed E-state index contributed by atoms with van der Waals surface area (Å²) in [6.45, 7) is 2.61. The van der Waals surface area contributed by atoms with Gasteiger partial charge in [-0.3, -0.25) is 9.59 Å². The zero-order valence-electron chi connectivity index (χ0n) is 17.7. The molecule has 5 rings (SSSR count). The Labute approximate surface area is 186 Å². The Morgan fingerprint density at radius 1 is 1.03 bits per heavy atom. The van der Waals surface area contributed by atoms with Gasteiger partial charge in [0.15, 0.2) is 0 Å². The molecular formula is C27H23FN2O2. The maximum absolute atomic E-state index is 13.9. The van der Waals surface area contributed by atoms with Gasteiger partial charge in [0.1, 0.15) is 11.6 Å². The Hall–Kier alpha value is -3.73. The second-order valence-electron chi connectivity index (χ2n) is 8.32. The summed E-state index contributed by atoms with van der Waals surface area (Å²) in [5, 5.41) is 3.05. The lowest BCUT2D eigenvalue weighted by Crippen LogP contribution is -2.35. The van der Waals surface area contributed by atoms with Crippen LogP contribution in [0.4, 0.5) is 10.1 Å². The summed E-state index contributed by atoms with van der Waals surface area (Å²) in [5.41, 5.74) is 4.96. The molecule has 0 radical (unpaired) electrons. The van der Waals surface area contributed by atoms with Crippen molar-refractivity contribution in [3.8, 4) is 0 Å². The van der Waals surface area contributed by atoms with Crippen molar-refractivity contribution in [2.45, 2.75) is 25.9 Å². The molecule has 1 aliphatic carbocycles. The van der Waals surface area contributed by atoms with E-state index in [1.807, 2.05) is 61.5 Å². The monoisotopic (exact) mass is 426 g/mol. The third kappa shape index (κ3) is 3.71. The van der Waals surface area contributed by atoms with E-state index in [2.05, 4.69) is 10.2 Å². The average molecular weight is 426 g/mol. The first-order valence-electron chi connectivity index (χ1n) is 10.7. The van der Waals surface area contributed by atoms with Gasteiger partial charge >= 0.3 is 0 Å². The zero-order chi connectivity index (χ0) is 22.2. The van der Waals surface area contributed by atoms with Gasteiger partial charge in [0.25, 0.3) is 5.91 Å². The van der Waals surface area contributed by atoms with E-state index in [1.165, 1.54) is 12.1 Å². The summed E-state index contributed by atoms with van der Waals surface area (Å²) >= 11 is 0. The second kappa shape index (κ2) is 8.08. The summed E-state index contributed by atoms with van der Waals surface area (Å²) in [6, 6.07) is 23.4. The van der Waals surface area contributed by atoms with Crippen molar-refractivity contribution in [3.05, 3.63) is 107 Å². The van der Waals surface area contributed by atoms with Crippen molar-refractivity contribution in [2.24, 2.45) is 5.92 Å². The largest absolute Gasteiger partial charge is 0.344 e. The van der Waals surface area contributed by atoms with Gasteiger partial charge in [-0.1, -0.05) is 54.6 Å². The van der Waals surface area contributed by atoms with Crippen molar-refractivity contribution in [3.63, 3.8) is 0 Å². The number of nitrogens with zero attached hydrogens (tertiary/aromatic N) is 1. The van der Waals surface area contributed by atoms with Gasteiger partial charge in [0, 0.05) is 30.3 Å². The number of Topliss-reactive ketones (excluding diaryl/α,β-unsaturated/α-hetero) is 1. The highest BCUT2D eigenvalue weighted by molar-refractivity contribution is 6.22. The number of nitrogens with one attached hydrogen (secondary N) is 1. The van der Waals surface area contributed by atoms with E-state index < -0.39 is 6.04 Å². The molecule has 1 heterocycles. The quantitative estimate of drug-likeness (QED) is 0.623. The number of hydrogen-bond acceptors (Lipinski definition) is 3. The lowest BCUT2D eigenvalue weighted by Gasteiger charge is -2.34. The molecule has 1 saturated carbocycles. The van der Waals surface area contributed by atoms with E-state index in [4.69, 9.17) is 0 Å². The predicted octanol–water partition coefficient (Wildman–Crippen LogP) is 5.02. The van der Waals surface area contributed by atoms with E-state index in [0.717, 1.165) is 22.5 Å². The van der Waals surface area contributed by atoms with Gasteiger partial charge in [-0.05, 0) is 47.9 Å². The summed E-state index contributed by atoms with van der Waals surface area (Å²) in [5.74, 6) is -0.876. The summed E-state index contributed by atoms with van der Waals surface area (Å²) < 4.78 is 13.9. The minimum Gasteiger partial charge on any atom is -0.344 e. The number of anilines is 1. The summed E-state index contributed by atoms with van der Waals surface area (Å²) in [7, 11) is 0. The van der Waals surface area contributed by atoms with Crippen molar-refractivity contribution in [1.29, 1.82) is 0 Å². The van der Waals surface area contributed by atoms with Crippen LogP contribution in [0, 0.1) is 11.7 Å². The SMILES string of the molecule is CC1=C(C(=O)N[C@H](c2cccc(F)c2)C2CC2=O)c2ccccc2CN1c1ccccc1. The third-order valence-corrected chi connectivity index (χ3v) is 6.25. The zero-order valence-corrected chi connectivity index (χ0v) is 17.7. The minimum atomic E-state index is -0.551. The number of allylic oxidation sites excluding steroid dienone is 1. The third-order valence-electron chi connectivity index (χ3n) is 6.25. The van der Waals surface area contributed by atoms with Crippen LogP contribution < -0.4 is 10.2 Å². The molecule has 1 fully saturated rings. The van der Waals surface area contributed by atoms with Crippen molar-refractivity contribution in [2.75, 3.05) is 4.90 Å². The Balaban J connectivity index is 1.54. The Kier molecular flexibility index (Phi) is 5.10. The number of benzene rings is 3. The van der Waals surface area contributed by atoms with Gasteiger partial charge in [0.05, 0.1) is 11.6 Å². The molecule has 1 aliphatic heterocycles. The lowest BCUT2D eigenvalue weighted by molar-refractivity contribution is -0.116. The van der Waals surface area contributed by atoms with Crippen LogP contribution in [-0.2, 0) is 16.1 Å². The number of ketones is 1. The molecule has 0 saturated heterocycles. The highest BCUT2D eigenvalue weighted by atomic mass is 19.1. The first-order valence-corrected chi connectivity index (χ1v) is 10.7. The fourth-order valence-electron chi connectivity index (χ4n) is 4.49. The number of carbonyl (C=O) groups is 2. The summed E-state index contributed by atoms with van der Waals surface area (Å²) in [4.78, 5) is 27.8. The van der Waals surface area contributed by atoms with Gasteiger partial charge in [-0.2, -0.15) is 0 Å². The van der Waals surface area contributed by atoms with Gasteiger partial charge in [-0.25, -0.2) is 4.39 Å². The Morgan fingerprint density at radius 2 is 1.75 bits per heavy atom. The summed E-state index contributed by atoms with van der Waals surface area (Å²) in [6.07, 6.45) is 0.395. The van der Waals surface area contributed by atoms with Crippen LogP contribution >= 0.6 is 0 Å². The standard InChI is InChI=1S/C27H23FN2O2/c1-17-25(22-13-6-5-8-19(22)16-30(17)21-11-3-2-4-12-21)27(32)29-26(23-15-24(23)31)18-9-7-10-20(28)14-18/h2-14,23,26H,15-16H2,1H3,(H,29,32)/t23?,26-/m1/s1. The maximum Gasteiger partial charge on any atom is 0.254 e. The van der Waals surface area contributed by atoms with Crippen molar-refractivity contribution < 1.29 is 14.0 Å². The van der Waals surface area contributed by atoms with E-state index in [1.54, 1.807) is 12.1 Å². The Morgan fingerprint density at radius 3 is 2.47 bits per heavy atom. The van der Waals surface area contributed by atoms with Gasteiger partial charge in [0.2, 0.25) is 0 Å². The lowest BCUT2D eigenvalue weighted by atomic mass is 9.92. The van der Waals surface area contributed by atoms with Crippen LogP contribution in [0.25, 0.3) is 5.57 Å². The van der Waals surface area contributed by atoms with Gasteiger partial charge in [-0.15, -0.1) is 0 Å². The van der Waals surface area contributed by atoms with Crippen molar-refractivity contribution in [1.82, 2.24) is 5.32 Å². The van der Waals surface area contributed by atoms with Crippen LogP contribution in [0.3, 0.4) is 0 Å². The van der Waals surface area contributed by atoms with Crippen LogP contribution in [0.5, 0.6) is 0 Å². The number of fused-ring (bicyclic) bond motifs is 1. The predicted molar refractivity (Wildman–Crippen MR) is 122 cm³/mol. The topological polar surface area (TPSA) is 49.4 Å². The van der Waals surface area contributed by atoms with Crippen LogP contribution in [0.2, 0.25) is 0 Å². The van der Waals surface area contributed by atoms with Gasteiger partial charge < -0.3 is 10.2 Å². The number of halogens is 1. The average Bonchev–Trinajstić information content (AvgIpc) is 3.53.